The van der Waals surface area contributed by atoms with Gasteiger partial charge in [0, 0.05) is 30.1 Å². The van der Waals surface area contributed by atoms with Crippen molar-refractivity contribution >= 4 is 11.8 Å². The molecule has 1 aliphatic rings. The maximum Gasteiger partial charge on any atom is 0.433 e. The SMILES string of the molecule is CCOC(=O)N1N=C(CC)C[C@@]1(O)c1ccncc1. The summed E-state index contributed by atoms with van der Waals surface area (Å²) in [5.74, 6) is 0. The lowest BCUT2D eigenvalue weighted by molar-refractivity contribution is -0.0856. The van der Waals surface area contributed by atoms with Crippen LogP contribution in [0.5, 0.6) is 0 Å². The van der Waals surface area contributed by atoms with Crippen molar-refractivity contribution in [3.8, 4) is 0 Å². The summed E-state index contributed by atoms with van der Waals surface area (Å²) in [6, 6.07) is 3.33. The Balaban J connectivity index is 2.36. The predicted molar refractivity (Wildman–Crippen MR) is 69.3 cm³/mol. The molecule has 0 unspecified atom stereocenters. The van der Waals surface area contributed by atoms with Crippen LogP contribution in [-0.4, -0.2) is 33.5 Å². The summed E-state index contributed by atoms with van der Waals surface area (Å²) in [4.78, 5) is 15.8. The minimum atomic E-state index is -1.49. The zero-order chi connectivity index (χ0) is 13.9. The Kier molecular flexibility index (Phi) is 3.80. The Hall–Kier alpha value is -1.95. The molecular formula is C13H17N3O3. The Morgan fingerprint density at radius 3 is 2.74 bits per heavy atom. The van der Waals surface area contributed by atoms with Gasteiger partial charge in [0.25, 0.3) is 0 Å². The van der Waals surface area contributed by atoms with Crippen molar-refractivity contribution in [2.45, 2.75) is 32.4 Å². The number of hydrogen-bond acceptors (Lipinski definition) is 5. The molecular weight excluding hydrogens is 246 g/mol. The van der Waals surface area contributed by atoms with Crippen LogP contribution in [0.1, 0.15) is 32.3 Å². The molecule has 0 aliphatic carbocycles. The zero-order valence-electron chi connectivity index (χ0n) is 11.0. The van der Waals surface area contributed by atoms with Gasteiger partial charge >= 0.3 is 6.09 Å². The van der Waals surface area contributed by atoms with E-state index in [1.54, 1.807) is 31.5 Å². The molecule has 0 saturated heterocycles. The van der Waals surface area contributed by atoms with Gasteiger partial charge in [-0.2, -0.15) is 10.1 Å². The number of rotatable bonds is 3. The van der Waals surface area contributed by atoms with Crippen molar-refractivity contribution in [3.05, 3.63) is 30.1 Å². The molecule has 0 radical (unpaired) electrons. The maximum absolute atomic E-state index is 11.9. The number of hydrazone groups is 1. The summed E-state index contributed by atoms with van der Waals surface area (Å²) < 4.78 is 4.94. The lowest BCUT2D eigenvalue weighted by atomic mass is 9.98. The van der Waals surface area contributed by atoms with E-state index in [4.69, 9.17) is 4.74 Å². The van der Waals surface area contributed by atoms with Crippen molar-refractivity contribution < 1.29 is 14.6 Å². The Morgan fingerprint density at radius 2 is 2.16 bits per heavy atom. The third kappa shape index (κ3) is 2.44. The van der Waals surface area contributed by atoms with E-state index < -0.39 is 11.8 Å². The van der Waals surface area contributed by atoms with E-state index in [1.807, 2.05) is 6.92 Å². The second kappa shape index (κ2) is 5.36. The van der Waals surface area contributed by atoms with E-state index >= 15 is 0 Å². The van der Waals surface area contributed by atoms with E-state index in [0.29, 0.717) is 12.0 Å². The number of carbonyl (C=O) groups is 1. The average Bonchev–Trinajstić information content (AvgIpc) is 2.79. The van der Waals surface area contributed by atoms with E-state index in [-0.39, 0.29) is 13.0 Å². The monoisotopic (exact) mass is 263 g/mol. The highest BCUT2D eigenvalue weighted by Crippen LogP contribution is 2.36. The molecule has 0 aromatic carbocycles. The molecule has 0 fully saturated rings. The third-order valence-corrected chi connectivity index (χ3v) is 3.03. The van der Waals surface area contributed by atoms with Crippen molar-refractivity contribution in [2.75, 3.05) is 6.61 Å². The number of carbonyl (C=O) groups excluding carboxylic acids is 1. The number of nitrogens with zero attached hydrogens (tertiary/aromatic N) is 3. The first-order valence-electron chi connectivity index (χ1n) is 6.28. The van der Waals surface area contributed by atoms with E-state index in [9.17, 15) is 9.90 Å². The van der Waals surface area contributed by atoms with Gasteiger partial charge in [0.2, 0.25) is 0 Å². The van der Waals surface area contributed by atoms with Crippen LogP contribution in [0.4, 0.5) is 4.79 Å². The van der Waals surface area contributed by atoms with Gasteiger partial charge in [-0.15, -0.1) is 0 Å². The Morgan fingerprint density at radius 1 is 1.47 bits per heavy atom. The summed E-state index contributed by atoms with van der Waals surface area (Å²) in [7, 11) is 0. The van der Waals surface area contributed by atoms with Gasteiger partial charge < -0.3 is 9.84 Å². The average molecular weight is 263 g/mol. The molecule has 1 atom stereocenters. The van der Waals surface area contributed by atoms with Crippen molar-refractivity contribution in [2.24, 2.45) is 5.10 Å². The number of ether oxygens (including phenoxy) is 1. The largest absolute Gasteiger partial charge is 0.448 e. The van der Waals surface area contributed by atoms with Crippen molar-refractivity contribution in [1.29, 1.82) is 0 Å². The standard InChI is InChI=1S/C13H17N3O3/c1-3-11-9-13(18,10-5-7-14-8-6-10)16(15-11)12(17)19-4-2/h5-8,18H,3-4,9H2,1-2H3/t13-/m1/s1. The number of aliphatic hydroxyl groups is 1. The van der Waals surface area contributed by atoms with Crippen LogP contribution in [0.25, 0.3) is 0 Å². The van der Waals surface area contributed by atoms with Crippen LogP contribution < -0.4 is 0 Å². The van der Waals surface area contributed by atoms with E-state index in [0.717, 1.165) is 10.7 Å². The minimum Gasteiger partial charge on any atom is -0.448 e. The molecule has 6 nitrogen and oxygen atoms in total. The third-order valence-electron chi connectivity index (χ3n) is 3.03. The van der Waals surface area contributed by atoms with Gasteiger partial charge in [0.05, 0.1) is 6.61 Å². The molecule has 0 bridgehead atoms. The summed E-state index contributed by atoms with van der Waals surface area (Å²) >= 11 is 0. The molecule has 102 valence electrons. The summed E-state index contributed by atoms with van der Waals surface area (Å²) in [5, 5.41) is 16.0. The van der Waals surface area contributed by atoms with Crippen LogP contribution in [0, 0.1) is 0 Å². The first kappa shape index (κ1) is 13.5. The maximum atomic E-state index is 11.9. The fourth-order valence-electron chi connectivity index (χ4n) is 2.03. The Bertz CT molecular complexity index is 489. The van der Waals surface area contributed by atoms with Gasteiger partial charge in [-0.3, -0.25) is 4.98 Å². The van der Waals surface area contributed by atoms with Crippen LogP contribution in [0.3, 0.4) is 0 Å². The second-order valence-corrected chi connectivity index (χ2v) is 4.26. The number of pyridine rings is 1. The van der Waals surface area contributed by atoms with Crippen molar-refractivity contribution in [3.63, 3.8) is 0 Å². The molecule has 2 heterocycles. The van der Waals surface area contributed by atoms with Crippen LogP contribution in [0.2, 0.25) is 0 Å². The van der Waals surface area contributed by atoms with Gasteiger partial charge in [0.1, 0.15) is 0 Å². The lowest BCUT2D eigenvalue weighted by Gasteiger charge is -2.30. The summed E-state index contributed by atoms with van der Waals surface area (Å²) in [5.41, 5.74) is -0.157. The smallest absolute Gasteiger partial charge is 0.433 e. The highest BCUT2D eigenvalue weighted by atomic mass is 16.6. The summed E-state index contributed by atoms with van der Waals surface area (Å²) in [6.07, 6.45) is 3.45. The molecule has 1 amide bonds. The molecule has 1 aliphatic heterocycles. The van der Waals surface area contributed by atoms with Gasteiger partial charge in [0.15, 0.2) is 5.72 Å². The van der Waals surface area contributed by atoms with Crippen LogP contribution in [0.15, 0.2) is 29.6 Å². The first-order valence-corrected chi connectivity index (χ1v) is 6.28. The normalized spacial score (nSPS) is 22.3. The lowest BCUT2D eigenvalue weighted by Crippen LogP contribution is -2.43. The molecule has 6 heteroatoms. The van der Waals surface area contributed by atoms with Gasteiger partial charge in [-0.05, 0) is 25.5 Å². The highest BCUT2D eigenvalue weighted by molar-refractivity contribution is 5.89. The molecule has 2 rings (SSSR count). The fourth-order valence-corrected chi connectivity index (χ4v) is 2.03. The highest BCUT2D eigenvalue weighted by Gasteiger charge is 2.46. The molecule has 1 N–H and O–H groups in total. The second-order valence-electron chi connectivity index (χ2n) is 4.26. The van der Waals surface area contributed by atoms with E-state index in [1.165, 1.54) is 0 Å². The zero-order valence-corrected chi connectivity index (χ0v) is 11.0. The van der Waals surface area contributed by atoms with Gasteiger partial charge in [-0.1, -0.05) is 6.92 Å². The number of amides is 1. The Labute approximate surface area is 111 Å². The van der Waals surface area contributed by atoms with Crippen LogP contribution in [-0.2, 0) is 10.5 Å². The minimum absolute atomic E-state index is 0.235. The molecule has 1 aromatic rings. The topological polar surface area (TPSA) is 75.0 Å². The van der Waals surface area contributed by atoms with Crippen molar-refractivity contribution in [1.82, 2.24) is 9.99 Å². The molecule has 0 saturated carbocycles. The molecule has 0 spiro atoms. The number of aromatic nitrogens is 1. The summed E-state index contributed by atoms with van der Waals surface area (Å²) in [6.45, 7) is 3.88. The van der Waals surface area contributed by atoms with Gasteiger partial charge in [-0.25, -0.2) is 4.79 Å². The molecule has 19 heavy (non-hydrogen) atoms. The molecule has 1 aromatic heterocycles. The number of hydrogen-bond donors (Lipinski definition) is 1. The quantitative estimate of drug-likeness (QED) is 0.903. The van der Waals surface area contributed by atoms with Crippen LogP contribution >= 0.6 is 0 Å². The predicted octanol–water partition coefficient (Wildman–Crippen LogP) is 1.85. The fraction of sp³-hybridized carbons (Fsp3) is 0.462. The first-order chi connectivity index (χ1) is 9.11. The van der Waals surface area contributed by atoms with E-state index in [2.05, 4.69) is 10.1 Å².